The highest BCUT2D eigenvalue weighted by atomic mass is 16.3. The molecule has 0 unspecified atom stereocenters. The van der Waals surface area contributed by atoms with Crippen molar-refractivity contribution in [1.29, 1.82) is 0 Å². The van der Waals surface area contributed by atoms with Gasteiger partial charge in [0, 0.05) is 19.9 Å². The monoisotopic (exact) mass is 180 g/mol. The Morgan fingerprint density at radius 3 is 3.15 bits per heavy atom. The average molecular weight is 180 g/mol. The van der Waals surface area contributed by atoms with Crippen LogP contribution in [0.2, 0.25) is 0 Å². The SMILES string of the molecule is C=CC(=O)NCCc1coc(C)n1. The van der Waals surface area contributed by atoms with Crippen LogP contribution in [0.4, 0.5) is 0 Å². The third kappa shape index (κ3) is 3.11. The van der Waals surface area contributed by atoms with E-state index in [2.05, 4.69) is 16.9 Å². The van der Waals surface area contributed by atoms with Crippen LogP contribution < -0.4 is 5.32 Å². The molecule has 0 radical (unpaired) electrons. The van der Waals surface area contributed by atoms with Crippen LogP contribution in [0.5, 0.6) is 0 Å². The lowest BCUT2D eigenvalue weighted by atomic mass is 10.3. The second-order valence-electron chi connectivity index (χ2n) is 2.60. The molecule has 1 N–H and O–H groups in total. The van der Waals surface area contributed by atoms with Crippen LogP contribution in [-0.2, 0) is 11.2 Å². The van der Waals surface area contributed by atoms with Crippen molar-refractivity contribution in [3.63, 3.8) is 0 Å². The van der Waals surface area contributed by atoms with Crippen LogP contribution in [0.3, 0.4) is 0 Å². The first-order valence-electron chi connectivity index (χ1n) is 4.03. The molecule has 0 bridgehead atoms. The molecule has 0 fully saturated rings. The number of rotatable bonds is 4. The predicted molar refractivity (Wildman–Crippen MR) is 48.2 cm³/mol. The van der Waals surface area contributed by atoms with Gasteiger partial charge in [-0.1, -0.05) is 6.58 Å². The molecule has 0 aliphatic heterocycles. The molecule has 0 aliphatic rings. The molecule has 0 saturated heterocycles. The number of aryl methyl sites for hydroxylation is 1. The number of carbonyl (C=O) groups is 1. The number of oxazole rings is 1. The number of hydrogen-bond donors (Lipinski definition) is 1. The number of aromatic nitrogens is 1. The molecule has 4 heteroatoms. The van der Waals surface area contributed by atoms with Crippen molar-refractivity contribution >= 4 is 5.91 Å². The summed E-state index contributed by atoms with van der Waals surface area (Å²) in [6.45, 7) is 5.68. The van der Waals surface area contributed by atoms with Gasteiger partial charge < -0.3 is 9.73 Å². The van der Waals surface area contributed by atoms with Crippen molar-refractivity contribution in [3.8, 4) is 0 Å². The van der Waals surface area contributed by atoms with Crippen molar-refractivity contribution in [2.75, 3.05) is 6.54 Å². The Labute approximate surface area is 76.7 Å². The minimum absolute atomic E-state index is 0.166. The van der Waals surface area contributed by atoms with Gasteiger partial charge in [0.05, 0.1) is 5.69 Å². The molecule has 0 aromatic carbocycles. The van der Waals surface area contributed by atoms with E-state index >= 15 is 0 Å². The van der Waals surface area contributed by atoms with Gasteiger partial charge in [0.15, 0.2) is 5.89 Å². The summed E-state index contributed by atoms with van der Waals surface area (Å²) in [6, 6.07) is 0. The standard InChI is InChI=1S/C9H12N2O2/c1-3-9(12)10-5-4-8-6-13-7(2)11-8/h3,6H,1,4-5H2,2H3,(H,10,12). The van der Waals surface area contributed by atoms with Crippen LogP contribution in [-0.4, -0.2) is 17.4 Å². The molecule has 70 valence electrons. The molecule has 0 atom stereocenters. The highest BCUT2D eigenvalue weighted by molar-refractivity contribution is 5.86. The second-order valence-corrected chi connectivity index (χ2v) is 2.60. The van der Waals surface area contributed by atoms with Gasteiger partial charge >= 0.3 is 0 Å². The van der Waals surface area contributed by atoms with Gasteiger partial charge in [-0.3, -0.25) is 4.79 Å². The van der Waals surface area contributed by atoms with Gasteiger partial charge in [-0.25, -0.2) is 4.98 Å². The van der Waals surface area contributed by atoms with Crippen molar-refractivity contribution in [2.45, 2.75) is 13.3 Å². The van der Waals surface area contributed by atoms with Crippen LogP contribution in [0.1, 0.15) is 11.6 Å². The lowest BCUT2D eigenvalue weighted by Gasteiger charge is -1.97. The van der Waals surface area contributed by atoms with Crippen molar-refractivity contribution in [3.05, 3.63) is 30.5 Å². The molecule has 13 heavy (non-hydrogen) atoms. The largest absolute Gasteiger partial charge is 0.449 e. The lowest BCUT2D eigenvalue weighted by molar-refractivity contribution is -0.116. The van der Waals surface area contributed by atoms with E-state index in [4.69, 9.17) is 4.42 Å². The van der Waals surface area contributed by atoms with Crippen LogP contribution in [0.25, 0.3) is 0 Å². The number of carbonyl (C=O) groups excluding carboxylic acids is 1. The highest BCUT2D eigenvalue weighted by Crippen LogP contribution is 1.99. The summed E-state index contributed by atoms with van der Waals surface area (Å²) in [5.74, 6) is 0.477. The molecule has 0 aliphatic carbocycles. The summed E-state index contributed by atoms with van der Waals surface area (Å²) in [5.41, 5.74) is 0.849. The molecule has 4 nitrogen and oxygen atoms in total. The zero-order chi connectivity index (χ0) is 9.68. The maximum Gasteiger partial charge on any atom is 0.243 e. The van der Waals surface area contributed by atoms with E-state index in [1.54, 1.807) is 13.2 Å². The fraction of sp³-hybridized carbons (Fsp3) is 0.333. The molecule has 0 saturated carbocycles. The topological polar surface area (TPSA) is 55.1 Å². The minimum Gasteiger partial charge on any atom is -0.449 e. The highest BCUT2D eigenvalue weighted by Gasteiger charge is 1.99. The Bertz CT molecular complexity index is 304. The van der Waals surface area contributed by atoms with E-state index < -0.39 is 0 Å². The van der Waals surface area contributed by atoms with Crippen molar-refractivity contribution < 1.29 is 9.21 Å². The minimum atomic E-state index is -0.166. The van der Waals surface area contributed by atoms with Gasteiger partial charge in [-0.05, 0) is 6.08 Å². The summed E-state index contributed by atoms with van der Waals surface area (Å²) >= 11 is 0. The maximum absolute atomic E-state index is 10.7. The van der Waals surface area contributed by atoms with E-state index in [9.17, 15) is 4.79 Å². The zero-order valence-corrected chi connectivity index (χ0v) is 7.54. The summed E-state index contributed by atoms with van der Waals surface area (Å²) < 4.78 is 5.00. The summed E-state index contributed by atoms with van der Waals surface area (Å²) in [5, 5.41) is 2.65. The fourth-order valence-corrected chi connectivity index (χ4v) is 0.909. The second kappa shape index (κ2) is 4.45. The Hall–Kier alpha value is -1.58. The number of hydrogen-bond acceptors (Lipinski definition) is 3. The molecular weight excluding hydrogens is 168 g/mol. The zero-order valence-electron chi connectivity index (χ0n) is 7.54. The van der Waals surface area contributed by atoms with Crippen LogP contribution >= 0.6 is 0 Å². The first kappa shape index (κ1) is 9.51. The van der Waals surface area contributed by atoms with Crippen LogP contribution in [0.15, 0.2) is 23.3 Å². The first-order chi connectivity index (χ1) is 6.22. The number of amides is 1. The fourth-order valence-electron chi connectivity index (χ4n) is 0.909. The Morgan fingerprint density at radius 1 is 1.85 bits per heavy atom. The third-order valence-electron chi connectivity index (χ3n) is 1.53. The molecule has 1 rings (SSSR count). The average Bonchev–Trinajstić information content (AvgIpc) is 2.51. The van der Waals surface area contributed by atoms with Crippen molar-refractivity contribution in [2.24, 2.45) is 0 Å². The Morgan fingerprint density at radius 2 is 2.62 bits per heavy atom. The van der Waals surface area contributed by atoms with E-state index in [-0.39, 0.29) is 5.91 Å². The normalized spacial score (nSPS) is 9.62. The van der Waals surface area contributed by atoms with E-state index in [0.717, 1.165) is 5.69 Å². The predicted octanol–water partition coefficient (Wildman–Crippen LogP) is 0.828. The first-order valence-corrected chi connectivity index (χ1v) is 4.03. The third-order valence-corrected chi connectivity index (χ3v) is 1.53. The molecule has 0 spiro atoms. The summed E-state index contributed by atoms with van der Waals surface area (Å²) in [7, 11) is 0. The summed E-state index contributed by atoms with van der Waals surface area (Å²) in [6.07, 6.45) is 3.51. The van der Waals surface area contributed by atoms with Crippen LogP contribution in [0, 0.1) is 6.92 Å². The van der Waals surface area contributed by atoms with Gasteiger partial charge in [-0.15, -0.1) is 0 Å². The van der Waals surface area contributed by atoms with Gasteiger partial charge in [-0.2, -0.15) is 0 Å². The Balaban J connectivity index is 2.27. The molecular formula is C9H12N2O2. The summed E-state index contributed by atoms with van der Waals surface area (Å²) in [4.78, 5) is 14.8. The maximum atomic E-state index is 10.7. The molecule has 1 amide bonds. The number of nitrogens with zero attached hydrogens (tertiary/aromatic N) is 1. The Kier molecular flexibility index (Phi) is 3.25. The lowest BCUT2D eigenvalue weighted by Crippen LogP contribution is -2.23. The van der Waals surface area contributed by atoms with Crippen molar-refractivity contribution in [1.82, 2.24) is 10.3 Å². The van der Waals surface area contributed by atoms with Gasteiger partial charge in [0.25, 0.3) is 0 Å². The van der Waals surface area contributed by atoms with E-state index in [1.807, 2.05) is 0 Å². The molecule has 1 aromatic heterocycles. The van der Waals surface area contributed by atoms with E-state index in [0.29, 0.717) is 18.9 Å². The number of nitrogens with one attached hydrogen (secondary N) is 1. The van der Waals surface area contributed by atoms with Gasteiger partial charge in [0.1, 0.15) is 6.26 Å². The van der Waals surface area contributed by atoms with E-state index in [1.165, 1.54) is 6.08 Å². The smallest absolute Gasteiger partial charge is 0.243 e. The van der Waals surface area contributed by atoms with Gasteiger partial charge in [0.2, 0.25) is 5.91 Å². The molecule has 1 aromatic rings. The molecule has 1 heterocycles. The quantitative estimate of drug-likeness (QED) is 0.698.